The van der Waals surface area contributed by atoms with Crippen LogP contribution in [0.25, 0.3) is 0 Å². The van der Waals surface area contributed by atoms with E-state index in [0.717, 1.165) is 11.1 Å². The van der Waals surface area contributed by atoms with Crippen molar-refractivity contribution >= 4 is 29.1 Å². The maximum atomic E-state index is 14.6. The minimum absolute atomic E-state index is 0.0855. The standard InChI is InChI=1S/C33H33N5O4S/c1-32(2,3)42-31(41)37-18-25-26(19-37)29(25)38-28(14-27(39)24-6-4-22(17-34)5-7-24)36-33(30(38)40,16-23-10-13-43-20-23)15-21-8-11-35-12-9-21/h4-14,20,25-26,29,36H,15-16,18-19H2,1-3H3/b28-14+/t25-,26+,29?,33?. The lowest BCUT2D eigenvalue weighted by Gasteiger charge is -2.29. The molecule has 3 aliphatic rings. The van der Waals surface area contributed by atoms with Crippen molar-refractivity contribution in [2.24, 2.45) is 11.8 Å². The van der Waals surface area contributed by atoms with Crippen LogP contribution in [0.2, 0.25) is 0 Å². The van der Waals surface area contributed by atoms with Crippen LogP contribution in [0.3, 0.4) is 0 Å². The number of aromatic nitrogens is 1. The van der Waals surface area contributed by atoms with Crippen LogP contribution < -0.4 is 5.32 Å². The fourth-order valence-corrected chi connectivity index (χ4v) is 6.93. The number of nitriles is 1. The first-order valence-electron chi connectivity index (χ1n) is 14.3. The highest BCUT2D eigenvalue weighted by Crippen LogP contribution is 2.52. The van der Waals surface area contributed by atoms with Crippen LogP contribution in [0.4, 0.5) is 4.79 Å². The average molecular weight is 596 g/mol. The molecule has 220 valence electrons. The van der Waals surface area contributed by atoms with Crippen LogP contribution in [-0.4, -0.2) is 62.8 Å². The number of thiophene rings is 1. The van der Waals surface area contributed by atoms with E-state index in [9.17, 15) is 14.4 Å². The molecule has 1 aromatic carbocycles. The monoisotopic (exact) mass is 595 g/mol. The third kappa shape index (κ3) is 5.77. The smallest absolute Gasteiger partial charge is 0.410 e. The van der Waals surface area contributed by atoms with Crippen molar-refractivity contribution in [3.8, 4) is 6.07 Å². The van der Waals surface area contributed by atoms with Crippen molar-refractivity contribution < 1.29 is 19.1 Å². The van der Waals surface area contributed by atoms with Gasteiger partial charge in [0.25, 0.3) is 5.91 Å². The number of ketones is 1. The molecule has 3 fully saturated rings. The quantitative estimate of drug-likeness (QED) is 0.315. The second-order valence-corrected chi connectivity index (χ2v) is 13.3. The molecule has 0 radical (unpaired) electrons. The van der Waals surface area contributed by atoms with Crippen LogP contribution in [0.1, 0.15) is 47.8 Å². The van der Waals surface area contributed by atoms with Gasteiger partial charge in [0.2, 0.25) is 0 Å². The SMILES string of the molecule is CC(C)(C)OC(=O)N1C[C@@H]2C(N3C(=O)C(Cc4ccncc4)(Cc4ccsc4)N/C3=C\C(=O)c3ccc(C#N)cc3)[C@@H]2C1. The van der Waals surface area contributed by atoms with Gasteiger partial charge in [-0.3, -0.25) is 19.5 Å². The van der Waals surface area contributed by atoms with E-state index in [4.69, 9.17) is 10.00 Å². The number of benzene rings is 1. The lowest BCUT2D eigenvalue weighted by Crippen LogP contribution is -2.51. The minimum atomic E-state index is -1.01. The maximum absolute atomic E-state index is 14.6. The van der Waals surface area contributed by atoms with Crippen molar-refractivity contribution in [3.05, 3.63) is 99.8 Å². The summed E-state index contributed by atoms with van der Waals surface area (Å²) in [7, 11) is 0. The van der Waals surface area contributed by atoms with E-state index in [1.165, 1.54) is 6.08 Å². The number of allylic oxidation sites excluding steroid dienone is 1. The van der Waals surface area contributed by atoms with E-state index in [2.05, 4.69) is 16.4 Å². The van der Waals surface area contributed by atoms with Crippen LogP contribution >= 0.6 is 11.3 Å². The van der Waals surface area contributed by atoms with Gasteiger partial charge >= 0.3 is 6.09 Å². The molecule has 2 saturated heterocycles. The number of carbonyl (C=O) groups excluding carboxylic acids is 3. The third-order valence-electron chi connectivity index (χ3n) is 8.26. The summed E-state index contributed by atoms with van der Waals surface area (Å²) in [6.07, 6.45) is 5.44. The Labute approximate surface area is 254 Å². The number of rotatable bonds is 7. The summed E-state index contributed by atoms with van der Waals surface area (Å²) in [5, 5.41) is 16.7. The van der Waals surface area contributed by atoms with Gasteiger partial charge in [0.15, 0.2) is 5.78 Å². The van der Waals surface area contributed by atoms with E-state index < -0.39 is 11.1 Å². The second-order valence-electron chi connectivity index (χ2n) is 12.5. The lowest BCUT2D eigenvalue weighted by molar-refractivity contribution is -0.132. The Morgan fingerprint density at radius 2 is 1.77 bits per heavy atom. The Morgan fingerprint density at radius 3 is 2.37 bits per heavy atom. The highest BCUT2D eigenvalue weighted by molar-refractivity contribution is 7.07. The van der Waals surface area contributed by atoms with Gasteiger partial charge in [0, 0.05) is 67.8 Å². The number of likely N-dealkylation sites (tertiary alicyclic amines) is 1. The topological polar surface area (TPSA) is 116 Å². The molecule has 9 nitrogen and oxygen atoms in total. The highest BCUT2D eigenvalue weighted by Gasteiger charge is 2.65. The van der Waals surface area contributed by atoms with Gasteiger partial charge in [-0.15, -0.1) is 0 Å². The molecule has 3 aromatic rings. The maximum Gasteiger partial charge on any atom is 0.410 e. The number of hydrogen-bond acceptors (Lipinski definition) is 8. The molecule has 1 saturated carbocycles. The number of pyridine rings is 1. The molecule has 4 atom stereocenters. The van der Waals surface area contributed by atoms with Crippen molar-refractivity contribution in [3.63, 3.8) is 0 Å². The first kappa shape index (κ1) is 28.6. The Hall–Kier alpha value is -4.49. The summed E-state index contributed by atoms with van der Waals surface area (Å²) in [5.74, 6) is 0.291. The molecular formula is C33H33N5O4S. The summed E-state index contributed by atoms with van der Waals surface area (Å²) < 4.78 is 5.58. The summed E-state index contributed by atoms with van der Waals surface area (Å²) in [4.78, 5) is 48.5. The first-order valence-corrected chi connectivity index (χ1v) is 15.3. The Bertz CT molecular complexity index is 1600. The number of piperidine rings is 1. The molecule has 2 unspecified atom stereocenters. The number of nitrogens with one attached hydrogen (secondary N) is 1. The van der Waals surface area contributed by atoms with Gasteiger partial charge in [-0.25, -0.2) is 4.79 Å². The summed E-state index contributed by atoms with van der Waals surface area (Å²) in [6, 6.07) is 14.2. The van der Waals surface area contributed by atoms with Gasteiger partial charge in [-0.05, 0) is 85.1 Å². The largest absolute Gasteiger partial charge is 0.444 e. The number of ether oxygens (including phenoxy) is 1. The van der Waals surface area contributed by atoms with Gasteiger partial charge in [-0.1, -0.05) is 0 Å². The van der Waals surface area contributed by atoms with Crippen LogP contribution in [0.15, 0.2) is 77.5 Å². The predicted octanol–water partition coefficient (Wildman–Crippen LogP) is 4.56. The molecule has 43 heavy (non-hydrogen) atoms. The zero-order valence-corrected chi connectivity index (χ0v) is 25.1. The average Bonchev–Trinajstić information content (AvgIpc) is 3.35. The van der Waals surface area contributed by atoms with Crippen molar-refractivity contribution in [1.82, 2.24) is 20.1 Å². The van der Waals surface area contributed by atoms with Gasteiger partial charge in [0.05, 0.1) is 11.6 Å². The summed E-state index contributed by atoms with van der Waals surface area (Å²) in [5.41, 5.74) is 1.28. The highest BCUT2D eigenvalue weighted by atomic mass is 32.1. The van der Waals surface area contributed by atoms with E-state index in [0.29, 0.717) is 42.9 Å². The van der Waals surface area contributed by atoms with E-state index in [1.807, 2.05) is 49.7 Å². The van der Waals surface area contributed by atoms with Crippen molar-refractivity contribution in [2.75, 3.05) is 13.1 Å². The predicted molar refractivity (Wildman–Crippen MR) is 161 cm³/mol. The van der Waals surface area contributed by atoms with Crippen LogP contribution in [0.5, 0.6) is 0 Å². The number of fused-ring (bicyclic) bond motifs is 1. The fraction of sp³-hybridized carbons (Fsp3) is 0.364. The summed E-state index contributed by atoms with van der Waals surface area (Å²) in [6.45, 7) is 6.52. The molecule has 6 rings (SSSR count). The number of amides is 2. The van der Waals surface area contributed by atoms with Gasteiger partial charge in [0.1, 0.15) is 17.0 Å². The Kier molecular flexibility index (Phi) is 7.30. The molecule has 1 N–H and O–H groups in total. The van der Waals surface area contributed by atoms with Gasteiger partial charge in [-0.2, -0.15) is 16.6 Å². The first-order chi connectivity index (χ1) is 20.6. The zero-order valence-electron chi connectivity index (χ0n) is 24.3. The fourth-order valence-electron chi connectivity index (χ4n) is 6.26. The molecule has 4 heterocycles. The molecular weight excluding hydrogens is 562 g/mol. The molecule has 2 aromatic heterocycles. The third-order valence-corrected chi connectivity index (χ3v) is 8.99. The molecule has 0 spiro atoms. The second kappa shape index (κ2) is 11.0. The number of carbonyl (C=O) groups is 3. The molecule has 2 aliphatic heterocycles. The molecule has 1 aliphatic carbocycles. The van der Waals surface area contributed by atoms with Crippen molar-refractivity contribution in [1.29, 1.82) is 5.26 Å². The van der Waals surface area contributed by atoms with Crippen LogP contribution in [-0.2, 0) is 22.4 Å². The lowest BCUT2D eigenvalue weighted by atomic mass is 9.85. The normalized spacial score (nSPS) is 25.3. The van der Waals surface area contributed by atoms with E-state index in [1.54, 1.807) is 57.8 Å². The van der Waals surface area contributed by atoms with Crippen molar-refractivity contribution in [2.45, 2.75) is 50.8 Å². The number of hydrogen-bond donors (Lipinski definition) is 1. The minimum Gasteiger partial charge on any atom is -0.444 e. The van der Waals surface area contributed by atoms with Gasteiger partial charge < -0.3 is 15.0 Å². The van der Waals surface area contributed by atoms with E-state index >= 15 is 0 Å². The molecule has 10 heteroatoms. The summed E-state index contributed by atoms with van der Waals surface area (Å²) >= 11 is 1.58. The zero-order chi connectivity index (χ0) is 30.4. The Morgan fingerprint density at radius 1 is 1.09 bits per heavy atom. The Balaban J connectivity index is 1.33. The number of nitrogens with zero attached hydrogens (tertiary/aromatic N) is 4. The van der Waals surface area contributed by atoms with Crippen LogP contribution in [0, 0.1) is 23.2 Å². The van der Waals surface area contributed by atoms with E-state index in [-0.39, 0.29) is 35.7 Å². The molecule has 0 bridgehead atoms. The molecule has 2 amide bonds.